The highest BCUT2D eigenvalue weighted by Gasteiger charge is 2.22. The van der Waals surface area contributed by atoms with Gasteiger partial charge >= 0.3 is 0 Å². The number of nitrogens with one attached hydrogen (secondary N) is 3. The lowest BCUT2D eigenvalue weighted by Crippen LogP contribution is -2.43. The van der Waals surface area contributed by atoms with Crippen LogP contribution in [0.25, 0.3) is 11.2 Å². The van der Waals surface area contributed by atoms with E-state index in [4.69, 9.17) is 0 Å². The van der Waals surface area contributed by atoms with Gasteiger partial charge in [0, 0.05) is 19.6 Å². The molecule has 0 bridgehead atoms. The maximum absolute atomic E-state index is 10.4. The van der Waals surface area contributed by atoms with E-state index in [0.717, 1.165) is 12.1 Å². The van der Waals surface area contributed by atoms with E-state index in [1.165, 1.54) is 0 Å². The van der Waals surface area contributed by atoms with Crippen molar-refractivity contribution in [3.63, 3.8) is 0 Å². The topological polar surface area (TPSA) is 102 Å². The summed E-state index contributed by atoms with van der Waals surface area (Å²) in [6.07, 6.45) is 1.58. The van der Waals surface area contributed by atoms with Gasteiger partial charge in [-0.1, -0.05) is 0 Å². The van der Waals surface area contributed by atoms with Gasteiger partial charge in [0.1, 0.15) is 5.52 Å². The summed E-state index contributed by atoms with van der Waals surface area (Å²) in [4.78, 5) is 17.8. The summed E-state index contributed by atoms with van der Waals surface area (Å²) in [6.45, 7) is 5.43. The van der Waals surface area contributed by atoms with Gasteiger partial charge in [-0.3, -0.25) is 0 Å². The van der Waals surface area contributed by atoms with Gasteiger partial charge in [0.15, 0.2) is 11.5 Å². The minimum atomic E-state index is -0.862. The van der Waals surface area contributed by atoms with Crippen molar-refractivity contribution in [3.05, 3.63) is 6.33 Å². The zero-order valence-corrected chi connectivity index (χ0v) is 12.9. The Kier molecular flexibility index (Phi) is 4.59. The molecule has 0 aliphatic heterocycles. The Hall–Kier alpha value is -1.93. The third kappa shape index (κ3) is 4.02. The first kappa shape index (κ1) is 15.5. The van der Waals surface area contributed by atoms with Crippen molar-refractivity contribution in [1.29, 1.82) is 0 Å². The predicted molar refractivity (Wildman–Crippen MR) is 83.5 cm³/mol. The lowest BCUT2D eigenvalue weighted by Gasteiger charge is -2.27. The van der Waals surface area contributed by atoms with Crippen molar-refractivity contribution in [3.8, 4) is 0 Å². The highest BCUT2D eigenvalue weighted by Crippen LogP contribution is 2.19. The van der Waals surface area contributed by atoms with E-state index in [2.05, 4.69) is 30.6 Å². The van der Waals surface area contributed by atoms with Crippen LogP contribution in [-0.4, -0.2) is 69.3 Å². The third-order valence-electron chi connectivity index (χ3n) is 2.91. The van der Waals surface area contributed by atoms with E-state index >= 15 is 0 Å². The Bertz CT molecular complexity index is 593. The molecule has 2 aromatic rings. The molecule has 0 saturated heterocycles. The van der Waals surface area contributed by atoms with E-state index in [0.29, 0.717) is 30.5 Å². The zero-order valence-electron chi connectivity index (χ0n) is 12.9. The first-order valence-electron chi connectivity index (χ1n) is 6.97. The van der Waals surface area contributed by atoms with Crippen LogP contribution in [0.2, 0.25) is 0 Å². The van der Waals surface area contributed by atoms with Gasteiger partial charge in [0.05, 0.1) is 11.9 Å². The molecule has 0 fully saturated rings. The third-order valence-corrected chi connectivity index (χ3v) is 2.91. The smallest absolute Gasteiger partial charge is 0.226 e. The van der Waals surface area contributed by atoms with Crippen molar-refractivity contribution in [2.24, 2.45) is 0 Å². The van der Waals surface area contributed by atoms with Crippen molar-refractivity contribution in [2.75, 3.05) is 44.4 Å². The molecule has 116 valence electrons. The number of hydrogen-bond acceptors (Lipinski definition) is 7. The second-order valence-corrected chi connectivity index (χ2v) is 5.62. The van der Waals surface area contributed by atoms with Gasteiger partial charge in [-0.05, 0) is 27.9 Å². The monoisotopic (exact) mass is 293 g/mol. The maximum Gasteiger partial charge on any atom is 0.226 e. The van der Waals surface area contributed by atoms with Crippen molar-refractivity contribution in [2.45, 2.75) is 19.4 Å². The Morgan fingerprint density at radius 1 is 1.33 bits per heavy atom. The minimum absolute atomic E-state index is 0.377. The van der Waals surface area contributed by atoms with Gasteiger partial charge in [0.2, 0.25) is 5.95 Å². The average Bonchev–Trinajstić information content (AvgIpc) is 2.83. The molecule has 21 heavy (non-hydrogen) atoms. The molecule has 4 N–H and O–H groups in total. The number of aliphatic hydroxyl groups is 1. The van der Waals surface area contributed by atoms with Crippen LogP contribution in [0.5, 0.6) is 0 Å². The summed E-state index contributed by atoms with van der Waals surface area (Å²) in [5, 5.41) is 16.6. The summed E-state index contributed by atoms with van der Waals surface area (Å²) < 4.78 is 0. The molecular formula is C13H23N7O. The Labute approximate surface area is 124 Å². The normalized spacial score (nSPS) is 14.4. The second kappa shape index (κ2) is 6.23. The van der Waals surface area contributed by atoms with Crippen LogP contribution in [0.1, 0.15) is 13.8 Å². The fourth-order valence-corrected chi connectivity index (χ4v) is 2.21. The zero-order chi connectivity index (χ0) is 15.5. The van der Waals surface area contributed by atoms with Crippen LogP contribution in [0.15, 0.2) is 6.33 Å². The van der Waals surface area contributed by atoms with Crippen molar-refractivity contribution >= 4 is 22.9 Å². The SMILES string of the molecule is CCNc1nc(NCC(C)(O)CN(C)C)c2[nH]cnc2n1. The second-order valence-electron chi connectivity index (χ2n) is 5.62. The van der Waals surface area contributed by atoms with Gasteiger partial charge < -0.3 is 25.6 Å². The van der Waals surface area contributed by atoms with Crippen LogP contribution in [0, 0.1) is 0 Å². The molecule has 8 nitrogen and oxygen atoms in total. The number of H-pyrrole nitrogens is 1. The van der Waals surface area contributed by atoms with Crippen molar-refractivity contribution in [1.82, 2.24) is 24.8 Å². The van der Waals surface area contributed by atoms with E-state index in [1.54, 1.807) is 13.3 Å². The largest absolute Gasteiger partial charge is 0.387 e. The molecule has 0 aliphatic rings. The molecule has 2 rings (SSSR count). The number of fused-ring (bicyclic) bond motifs is 1. The molecule has 0 aliphatic carbocycles. The summed E-state index contributed by atoms with van der Waals surface area (Å²) in [5.41, 5.74) is 0.465. The van der Waals surface area contributed by atoms with Gasteiger partial charge in [-0.2, -0.15) is 9.97 Å². The lowest BCUT2D eigenvalue weighted by molar-refractivity contribution is 0.0459. The van der Waals surface area contributed by atoms with Crippen molar-refractivity contribution < 1.29 is 5.11 Å². The Morgan fingerprint density at radius 2 is 2.10 bits per heavy atom. The van der Waals surface area contributed by atoms with Gasteiger partial charge in [0.25, 0.3) is 0 Å². The van der Waals surface area contributed by atoms with Crippen LogP contribution < -0.4 is 10.6 Å². The molecule has 0 aromatic carbocycles. The van der Waals surface area contributed by atoms with E-state index < -0.39 is 5.60 Å². The molecule has 8 heteroatoms. The molecule has 2 heterocycles. The minimum Gasteiger partial charge on any atom is -0.387 e. The summed E-state index contributed by atoms with van der Waals surface area (Å²) in [6, 6.07) is 0. The number of rotatable bonds is 7. The fourth-order valence-electron chi connectivity index (χ4n) is 2.21. The number of imidazole rings is 1. The number of aromatic nitrogens is 4. The predicted octanol–water partition coefficient (Wildman–Crippen LogP) is 0.509. The number of likely N-dealkylation sites (N-methyl/N-ethyl adjacent to an activating group) is 1. The quantitative estimate of drug-likeness (QED) is 0.590. The number of aromatic amines is 1. The maximum atomic E-state index is 10.4. The first-order valence-corrected chi connectivity index (χ1v) is 6.97. The van der Waals surface area contributed by atoms with Crippen LogP contribution in [0.4, 0.5) is 11.8 Å². The molecule has 2 aromatic heterocycles. The van der Waals surface area contributed by atoms with Crippen LogP contribution >= 0.6 is 0 Å². The van der Waals surface area contributed by atoms with Crippen LogP contribution in [0.3, 0.4) is 0 Å². The highest BCUT2D eigenvalue weighted by molar-refractivity contribution is 5.83. The van der Waals surface area contributed by atoms with E-state index in [9.17, 15) is 5.11 Å². The first-order chi connectivity index (χ1) is 9.91. The van der Waals surface area contributed by atoms with Gasteiger partial charge in [-0.25, -0.2) is 4.98 Å². The molecule has 1 unspecified atom stereocenters. The molecule has 0 saturated carbocycles. The number of nitrogens with zero attached hydrogens (tertiary/aromatic N) is 4. The molecule has 0 amide bonds. The molecular weight excluding hydrogens is 270 g/mol. The summed E-state index contributed by atoms with van der Waals surface area (Å²) >= 11 is 0. The Balaban J connectivity index is 2.18. The lowest BCUT2D eigenvalue weighted by atomic mass is 10.1. The van der Waals surface area contributed by atoms with Crippen LogP contribution in [-0.2, 0) is 0 Å². The number of hydrogen-bond donors (Lipinski definition) is 4. The summed E-state index contributed by atoms with van der Waals surface area (Å²) in [5.74, 6) is 1.15. The van der Waals surface area contributed by atoms with E-state index in [1.807, 2.05) is 25.9 Å². The van der Waals surface area contributed by atoms with E-state index in [-0.39, 0.29) is 0 Å². The molecule has 0 radical (unpaired) electrons. The fraction of sp³-hybridized carbons (Fsp3) is 0.615. The standard InChI is InChI=1S/C13H23N7O/c1-5-14-12-18-10(9-11(19-12)17-8-16-9)15-6-13(2,21)7-20(3)4/h8,21H,5-7H2,1-4H3,(H3,14,15,16,17,18,19). The highest BCUT2D eigenvalue weighted by atomic mass is 16.3. The van der Waals surface area contributed by atoms with Gasteiger partial charge in [-0.15, -0.1) is 0 Å². The molecule has 0 spiro atoms. The summed E-state index contributed by atoms with van der Waals surface area (Å²) in [7, 11) is 3.85. The average molecular weight is 293 g/mol. The number of anilines is 2. The molecule has 1 atom stereocenters. The Morgan fingerprint density at radius 3 is 2.76 bits per heavy atom.